The van der Waals surface area contributed by atoms with E-state index in [0.29, 0.717) is 5.69 Å². The normalized spacial score (nSPS) is 12.2. The Morgan fingerprint density at radius 1 is 1.00 bits per heavy atom. The van der Waals surface area contributed by atoms with E-state index in [0.717, 1.165) is 17.2 Å². The Balaban J connectivity index is 2.45. The highest BCUT2D eigenvalue weighted by molar-refractivity contribution is 5.63. The first kappa shape index (κ1) is 18.0. The van der Waals surface area contributed by atoms with Crippen molar-refractivity contribution in [2.75, 3.05) is 10.6 Å². The van der Waals surface area contributed by atoms with Gasteiger partial charge in [-0.15, -0.1) is 0 Å². The van der Waals surface area contributed by atoms with Crippen molar-refractivity contribution in [3.8, 4) is 0 Å². The van der Waals surface area contributed by atoms with Crippen LogP contribution in [-0.4, -0.2) is 15.5 Å². The Morgan fingerprint density at radius 2 is 1.67 bits per heavy atom. The zero-order chi connectivity index (χ0) is 18.1. The maximum Gasteiger partial charge on any atom is 0.433 e. The summed E-state index contributed by atoms with van der Waals surface area (Å²) in [6.45, 7) is 9.32. The van der Waals surface area contributed by atoms with Crippen LogP contribution in [0, 0.1) is 13.8 Å². The van der Waals surface area contributed by atoms with Gasteiger partial charge in [0.2, 0.25) is 5.95 Å². The molecule has 0 fully saturated rings. The number of alkyl halides is 3. The van der Waals surface area contributed by atoms with Crippen molar-refractivity contribution in [3.63, 3.8) is 0 Å². The van der Waals surface area contributed by atoms with E-state index in [1.807, 2.05) is 46.8 Å². The van der Waals surface area contributed by atoms with Gasteiger partial charge >= 0.3 is 6.18 Å². The number of anilines is 3. The van der Waals surface area contributed by atoms with Gasteiger partial charge in [-0.25, -0.2) is 4.98 Å². The molecular weight excluding hydrogens is 317 g/mol. The number of hydrogen-bond donors (Lipinski definition) is 2. The third-order valence-electron chi connectivity index (χ3n) is 3.37. The Morgan fingerprint density at radius 3 is 2.25 bits per heavy atom. The SMILES string of the molecule is Cc1cccc(Nc2cc(C(F)(F)F)nc(NC(C)(C)C)n2)c1C. The lowest BCUT2D eigenvalue weighted by Crippen LogP contribution is -2.28. The summed E-state index contributed by atoms with van der Waals surface area (Å²) in [6, 6.07) is 6.49. The summed E-state index contributed by atoms with van der Waals surface area (Å²) >= 11 is 0. The predicted molar refractivity (Wildman–Crippen MR) is 89.6 cm³/mol. The molecule has 24 heavy (non-hydrogen) atoms. The second-order valence-electron chi connectivity index (χ2n) is 6.71. The summed E-state index contributed by atoms with van der Waals surface area (Å²) in [5.74, 6) is 0.0305. The zero-order valence-electron chi connectivity index (χ0n) is 14.3. The molecule has 2 aromatic rings. The average molecular weight is 338 g/mol. The molecule has 4 nitrogen and oxygen atoms in total. The van der Waals surface area contributed by atoms with E-state index in [2.05, 4.69) is 20.6 Å². The molecule has 7 heteroatoms. The molecule has 1 heterocycles. The van der Waals surface area contributed by atoms with E-state index < -0.39 is 17.4 Å². The zero-order valence-corrected chi connectivity index (χ0v) is 14.3. The molecule has 0 radical (unpaired) electrons. The van der Waals surface area contributed by atoms with Crippen molar-refractivity contribution in [2.45, 2.75) is 46.3 Å². The Hall–Kier alpha value is -2.31. The van der Waals surface area contributed by atoms with Gasteiger partial charge in [0.15, 0.2) is 5.69 Å². The van der Waals surface area contributed by atoms with E-state index in [4.69, 9.17) is 0 Å². The monoisotopic (exact) mass is 338 g/mol. The van der Waals surface area contributed by atoms with Gasteiger partial charge in [0.1, 0.15) is 5.82 Å². The smallest absolute Gasteiger partial charge is 0.350 e. The van der Waals surface area contributed by atoms with Gasteiger partial charge in [0.05, 0.1) is 0 Å². The number of aryl methyl sites for hydroxylation is 1. The average Bonchev–Trinajstić information content (AvgIpc) is 2.41. The Bertz CT molecular complexity index is 734. The lowest BCUT2D eigenvalue weighted by molar-refractivity contribution is -0.141. The maximum absolute atomic E-state index is 13.1. The van der Waals surface area contributed by atoms with Crippen LogP contribution in [0.15, 0.2) is 24.3 Å². The molecule has 2 N–H and O–H groups in total. The first-order chi connectivity index (χ1) is 11.0. The number of rotatable bonds is 3. The van der Waals surface area contributed by atoms with Crippen LogP contribution in [0.4, 0.5) is 30.6 Å². The van der Waals surface area contributed by atoms with Gasteiger partial charge in [-0.05, 0) is 51.8 Å². The lowest BCUT2D eigenvalue weighted by Gasteiger charge is -2.22. The van der Waals surface area contributed by atoms with Crippen LogP contribution in [0.1, 0.15) is 37.6 Å². The van der Waals surface area contributed by atoms with Crippen LogP contribution in [0.2, 0.25) is 0 Å². The minimum atomic E-state index is -4.55. The second-order valence-corrected chi connectivity index (χ2v) is 6.71. The van der Waals surface area contributed by atoms with Crippen molar-refractivity contribution in [2.24, 2.45) is 0 Å². The fourth-order valence-corrected chi connectivity index (χ4v) is 2.07. The molecule has 0 unspecified atom stereocenters. The van der Waals surface area contributed by atoms with Crippen molar-refractivity contribution >= 4 is 17.5 Å². The van der Waals surface area contributed by atoms with Crippen molar-refractivity contribution in [3.05, 3.63) is 41.1 Å². The highest BCUT2D eigenvalue weighted by atomic mass is 19.4. The molecule has 2 rings (SSSR count). The minimum Gasteiger partial charge on any atom is -0.350 e. The van der Waals surface area contributed by atoms with Crippen LogP contribution in [0.25, 0.3) is 0 Å². The largest absolute Gasteiger partial charge is 0.433 e. The molecule has 0 aliphatic carbocycles. The topological polar surface area (TPSA) is 49.8 Å². The molecule has 0 amide bonds. The summed E-state index contributed by atoms with van der Waals surface area (Å²) in [5, 5.41) is 5.84. The Kier molecular flexibility index (Phi) is 4.73. The number of benzene rings is 1. The number of halogens is 3. The van der Waals surface area contributed by atoms with Gasteiger partial charge in [-0.3, -0.25) is 0 Å². The molecule has 0 aliphatic rings. The van der Waals surface area contributed by atoms with E-state index in [1.54, 1.807) is 6.07 Å². The predicted octanol–water partition coefficient (Wildman–Crippen LogP) is 5.07. The fourth-order valence-electron chi connectivity index (χ4n) is 2.07. The van der Waals surface area contributed by atoms with Crippen molar-refractivity contribution in [1.29, 1.82) is 0 Å². The third kappa shape index (κ3) is 4.59. The number of hydrogen-bond acceptors (Lipinski definition) is 4. The lowest BCUT2D eigenvalue weighted by atomic mass is 10.1. The van der Waals surface area contributed by atoms with E-state index in [-0.39, 0.29) is 11.8 Å². The molecular formula is C17H21F3N4. The first-order valence-electron chi connectivity index (χ1n) is 7.53. The van der Waals surface area contributed by atoms with Gasteiger partial charge < -0.3 is 10.6 Å². The summed E-state index contributed by atoms with van der Waals surface area (Å²) in [6.07, 6.45) is -4.55. The highest BCUT2D eigenvalue weighted by Crippen LogP contribution is 2.31. The van der Waals surface area contributed by atoms with Gasteiger partial charge in [0, 0.05) is 17.3 Å². The maximum atomic E-state index is 13.1. The third-order valence-corrected chi connectivity index (χ3v) is 3.37. The minimum absolute atomic E-state index is 0.0647. The number of aromatic nitrogens is 2. The second kappa shape index (κ2) is 6.30. The molecule has 130 valence electrons. The van der Waals surface area contributed by atoms with E-state index >= 15 is 0 Å². The Labute approximate surface area is 139 Å². The van der Waals surface area contributed by atoms with Crippen molar-refractivity contribution in [1.82, 2.24) is 9.97 Å². The van der Waals surface area contributed by atoms with E-state index in [1.165, 1.54) is 0 Å². The van der Waals surface area contributed by atoms with Crippen LogP contribution in [0.5, 0.6) is 0 Å². The molecule has 0 saturated carbocycles. The molecule has 0 spiro atoms. The summed E-state index contributed by atoms with van der Waals surface area (Å²) in [5.41, 5.74) is 1.26. The van der Waals surface area contributed by atoms with Gasteiger partial charge in [-0.2, -0.15) is 18.2 Å². The molecule has 1 aromatic carbocycles. The van der Waals surface area contributed by atoms with Crippen LogP contribution in [0.3, 0.4) is 0 Å². The summed E-state index contributed by atoms with van der Waals surface area (Å²) in [4.78, 5) is 7.75. The van der Waals surface area contributed by atoms with Crippen LogP contribution >= 0.6 is 0 Å². The molecule has 0 atom stereocenters. The highest BCUT2D eigenvalue weighted by Gasteiger charge is 2.34. The molecule has 1 aromatic heterocycles. The quantitative estimate of drug-likeness (QED) is 0.821. The molecule has 0 saturated heterocycles. The van der Waals surface area contributed by atoms with Gasteiger partial charge in [-0.1, -0.05) is 12.1 Å². The van der Waals surface area contributed by atoms with Crippen LogP contribution < -0.4 is 10.6 Å². The number of nitrogens with one attached hydrogen (secondary N) is 2. The molecule has 0 bridgehead atoms. The number of nitrogens with zero attached hydrogens (tertiary/aromatic N) is 2. The van der Waals surface area contributed by atoms with Crippen LogP contribution in [-0.2, 0) is 6.18 Å². The van der Waals surface area contributed by atoms with E-state index in [9.17, 15) is 13.2 Å². The van der Waals surface area contributed by atoms with Crippen molar-refractivity contribution < 1.29 is 13.2 Å². The summed E-state index contributed by atoms with van der Waals surface area (Å²) < 4.78 is 39.4. The standard InChI is InChI=1S/C17H21F3N4/c1-10-7-6-8-12(11(10)2)21-14-9-13(17(18,19)20)22-15(23-14)24-16(3,4)5/h6-9H,1-5H3,(H2,21,22,23,24). The van der Waals surface area contributed by atoms with Gasteiger partial charge in [0.25, 0.3) is 0 Å². The first-order valence-corrected chi connectivity index (χ1v) is 7.53. The molecule has 0 aliphatic heterocycles. The fraction of sp³-hybridized carbons (Fsp3) is 0.412. The summed E-state index contributed by atoms with van der Waals surface area (Å²) in [7, 11) is 0.